The van der Waals surface area contributed by atoms with Gasteiger partial charge in [0.2, 0.25) is 0 Å². The maximum absolute atomic E-state index is 5.89. The Morgan fingerprint density at radius 1 is 1.36 bits per heavy atom. The van der Waals surface area contributed by atoms with E-state index in [0.29, 0.717) is 5.41 Å². The Balaban J connectivity index is 1.83. The summed E-state index contributed by atoms with van der Waals surface area (Å²) in [5.41, 5.74) is 6.40. The van der Waals surface area contributed by atoms with Crippen LogP contribution < -0.4 is 5.73 Å². The van der Waals surface area contributed by atoms with Gasteiger partial charge in [-0.05, 0) is 50.1 Å². The van der Waals surface area contributed by atoms with Crippen molar-refractivity contribution in [3.05, 3.63) is 0 Å². The topological polar surface area (TPSA) is 29.3 Å². The number of nitrogens with zero attached hydrogens (tertiary/aromatic N) is 1. The van der Waals surface area contributed by atoms with Crippen LogP contribution in [0.2, 0.25) is 0 Å². The first kappa shape index (κ1) is 10.4. The van der Waals surface area contributed by atoms with Crippen LogP contribution in [0.5, 0.6) is 0 Å². The predicted octanol–water partition coefficient (Wildman–Crippen LogP) is 1.85. The van der Waals surface area contributed by atoms with Gasteiger partial charge in [-0.3, -0.25) is 0 Å². The van der Waals surface area contributed by atoms with Crippen LogP contribution in [0.3, 0.4) is 0 Å². The summed E-state index contributed by atoms with van der Waals surface area (Å²) in [6.45, 7) is 7.17. The van der Waals surface area contributed by atoms with Crippen LogP contribution in [0, 0.1) is 11.3 Å². The molecule has 2 fully saturated rings. The Morgan fingerprint density at radius 2 is 2.14 bits per heavy atom. The fraction of sp³-hybridized carbons (Fsp3) is 1.00. The summed E-state index contributed by atoms with van der Waals surface area (Å²) in [6.07, 6.45) is 6.96. The first-order valence-corrected chi connectivity index (χ1v) is 6.16. The molecule has 82 valence electrons. The van der Waals surface area contributed by atoms with E-state index >= 15 is 0 Å². The lowest BCUT2D eigenvalue weighted by molar-refractivity contribution is 0.0536. The monoisotopic (exact) mass is 196 g/mol. The van der Waals surface area contributed by atoms with E-state index in [-0.39, 0.29) is 0 Å². The van der Waals surface area contributed by atoms with Gasteiger partial charge in [0.15, 0.2) is 0 Å². The minimum atomic E-state index is 0.511. The average Bonchev–Trinajstić information content (AvgIpc) is 2.11. The van der Waals surface area contributed by atoms with E-state index in [9.17, 15) is 0 Å². The maximum Gasteiger partial charge on any atom is 0.00502 e. The first-order chi connectivity index (χ1) is 6.74. The Morgan fingerprint density at radius 3 is 2.64 bits per heavy atom. The summed E-state index contributed by atoms with van der Waals surface area (Å²) in [4.78, 5) is 2.65. The molecule has 2 N–H and O–H groups in total. The second-order valence-electron chi connectivity index (χ2n) is 5.54. The molecule has 2 aliphatic rings. The highest BCUT2D eigenvalue weighted by atomic mass is 15.1. The molecule has 0 spiro atoms. The van der Waals surface area contributed by atoms with Crippen molar-refractivity contribution in [2.45, 2.75) is 39.0 Å². The Hall–Kier alpha value is -0.0800. The highest BCUT2D eigenvalue weighted by Crippen LogP contribution is 2.41. The standard InChI is InChI=1S/C12H24N2/c1-11-4-2-7-14(8-11)10-12(9-13)5-3-6-12/h11H,2-10,13H2,1H3. The molecule has 0 amide bonds. The van der Waals surface area contributed by atoms with Gasteiger partial charge in [-0.1, -0.05) is 13.3 Å². The van der Waals surface area contributed by atoms with Gasteiger partial charge in [-0.25, -0.2) is 0 Å². The van der Waals surface area contributed by atoms with Crippen molar-refractivity contribution in [3.8, 4) is 0 Å². The van der Waals surface area contributed by atoms with Crippen LogP contribution in [0.15, 0.2) is 0 Å². The van der Waals surface area contributed by atoms with Crippen LogP contribution in [0.25, 0.3) is 0 Å². The predicted molar refractivity (Wildman–Crippen MR) is 60.2 cm³/mol. The van der Waals surface area contributed by atoms with E-state index in [0.717, 1.165) is 12.5 Å². The Bertz CT molecular complexity index is 181. The van der Waals surface area contributed by atoms with Crippen molar-refractivity contribution in [3.63, 3.8) is 0 Å². The molecule has 1 unspecified atom stereocenters. The number of hydrogen-bond acceptors (Lipinski definition) is 2. The van der Waals surface area contributed by atoms with Gasteiger partial charge < -0.3 is 10.6 Å². The molecule has 0 aromatic carbocycles. The summed E-state index contributed by atoms with van der Waals surface area (Å²) < 4.78 is 0. The molecule has 2 nitrogen and oxygen atoms in total. The third-order valence-electron chi connectivity index (χ3n) is 4.15. The lowest BCUT2D eigenvalue weighted by atomic mass is 9.68. The van der Waals surface area contributed by atoms with E-state index in [1.165, 1.54) is 51.7 Å². The smallest absolute Gasteiger partial charge is 0.00502 e. The SMILES string of the molecule is CC1CCCN(CC2(CN)CCC2)C1. The van der Waals surface area contributed by atoms with E-state index in [4.69, 9.17) is 5.73 Å². The lowest BCUT2D eigenvalue weighted by Gasteiger charge is -2.46. The molecule has 1 atom stereocenters. The minimum absolute atomic E-state index is 0.511. The molecule has 0 radical (unpaired) electrons. The van der Waals surface area contributed by atoms with Crippen LogP contribution in [0.1, 0.15) is 39.0 Å². The van der Waals surface area contributed by atoms with E-state index in [1.807, 2.05) is 0 Å². The molecule has 1 heterocycles. The fourth-order valence-electron chi connectivity index (χ4n) is 3.01. The largest absolute Gasteiger partial charge is 0.330 e. The zero-order valence-corrected chi connectivity index (χ0v) is 9.47. The highest BCUT2D eigenvalue weighted by molar-refractivity contribution is 4.92. The van der Waals surface area contributed by atoms with Crippen LogP contribution in [-0.4, -0.2) is 31.1 Å². The van der Waals surface area contributed by atoms with Crippen LogP contribution in [0.4, 0.5) is 0 Å². The molecule has 1 saturated carbocycles. The van der Waals surface area contributed by atoms with E-state index in [1.54, 1.807) is 0 Å². The molecule has 1 aliphatic carbocycles. The van der Waals surface area contributed by atoms with Crippen molar-refractivity contribution in [1.82, 2.24) is 4.90 Å². The number of likely N-dealkylation sites (tertiary alicyclic amines) is 1. The van der Waals surface area contributed by atoms with Gasteiger partial charge in [0.05, 0.1) is 0 Å². The van der Waals surface area contributed by atoms with Gasteiger partial charge in [-0.2, -0.15) is 0 Å². The van der Waals surface area contributed by atoms with Gasteiger partial charge in [0.25, 0.3) is 0 Å². The van der Waals surface area contributed by atoms with Gasteiger partial charge in [0, 0.05) is 13.1 Å². The summed E-state index contributed by atoms with van der Waals surface area (Å²) >= 11 is 0. The molecule has 1 saturated heterocycles. The molecule has 1 aliphatic heterocycles. The average molecular weight is 196 g/mol. The molecule has 0 aromatic heterocycles. The third-order valence-corrected chi connectivity index (χ3v) is 4.15. The molecule has 14 heavy (non-hydrogen) atoms. The van der Waals surface area contributed by atoms with Gasteiger partial charge in [-0.15, -0.1) is 0 Å². The number of hydrogen-bond donors (Lipinski definition) is 1. The number of piperidine rings is 1. The fourth-order valence-corrected chi connectivity index (χ4v) is 3.01. The summed E-state index contributed by atoms with van der Waals surface area (Å²) in [5.74, 6) is 0.902. The molecule has 0 aromatic rings. The van der Waals surface area contributed by atoms with Gasteiger partial charge in [0.1, 0.15) is 0 Å². The normalized spacial score (nSPS) is 32.6. The second-order valence-corrected chi connectivity index (χ2v) is 5.54. The zero-order valence-electron chi connectivity index (χ0n) is 9.47. The van der Waals surface area contributed by atoms with Crippen molar-refractivity contribution in [1.29, 1.82) is 0 Å². The van der Waals surface area contributed by atoms with Crippen molar-refractivity contribution >= 4 is 0 Å². The lowest BCUT2D eigenvalue weighted by Crippen LogP contribution is -2.49. The van der Waals surface area contributed by atoms with Crippen molar-refractivity contribution in [2.24, 2.45) is 17.1 Å². The second kappa shape index (κ2) is 4.19. The quantitative estimate of drug-likeness (QED) is 0.746. The molecular formula is C12H24N2. The molecule has 2 rings (SSSR count). The zero-order chi connectivity index (χ0) is 10.0. The molecular weight excluding hydrogens is 172 g/mol. The van der Waals surface area contributed by atoms with E-state index in [2.05, 4.69) is 11.8 Å². The highest BCUT2D eigenvalue weighted by Gasteiger charge is 2.37. The van der Waals surface area contributed by atoms with Gasteiger partial charge >= 0.3 is 0 Å². The maximum atomic E-state index is 5.89. The van der Waals surface area contributed by atoms with Crippen molar-refractivity contribution in [2.75, 3.05) is 26.2 Å². The summed E-state index contributed by atoms with van der Waals surface area (Å²) in [7, 11) is 0. The Kier molecular flexibility index (Phi) is 3.13. The molecule has 0 bridgehead atoms. The third kappa shape index (κ3) is 2.12. The van der Waals surface area contributed by atoms with Crippen LogP contribution in [-0.2, 0) is 0 Å². The number of nitrogens with two attached hydrogens (primary N) is 1. The minimum Gasteiger partial charge on any atom is -0.330 e. The number of rotatable bonds is 3. The molecule has 2 heteroatoms. The first-order valence-electron chi connectivity index (χ1n) is 6.16. The Labute approximate surface area is 87.8 Å². The summed E-state index contributed by atoms with van der Waals surface area (Å²) in [5, 5.41) is 0. The van der Waals surface area contributed by atoms with Crippen LogP contribution >= 0.6 is 0 Å². The summed E-state index contributed by atoms with van der Waals surface area (Å²) in [6, 6.07) is 0. The van der Waals surface area contributed by atoms with Crippen molar-refractivity contribution < 1.29 is 0 Å². The van der Waals surface area contributed by atoms with E-state index < -0.39 is 0 Å².